The summed E-state index contributed by atoms with van der Waals surface area (Å²) in [6.45, 7) is 3.67. The molecule has 1 aromatic heterocycles. The average molecular weight is 343 g/mol. The second kappa shape index (κ2) is 5.79. The summed E-state index contributed by atoms with van der Waals surface area (Å²) in [5.41, 5.74) is 2.48. The summed E-state index contributed by atoms with van der Waals surface area (Å²) < 4.78 is 32.0. The van der Waals surface area contributed by atoms with Gasteiger partial charge in [-0.15, -0.1) is 0 Å². The fourth-order valence-electron chi connectivity index (χ4n) is 2.75. The lowest BCUT2D eigenvalue weighted by atomic mass is 10.1. The molecule has 24 heavy (non-hydrogen) atoms. The highest BCUT2D eigenvalue weighted by molar-refractivity contribution is 7.90. The van der Waals surface area contributed by atoms with Crippen LogP contribution < -0.4 is 0 Å². The molecule has 0 atom stereocenters. The highest BCUT2D eigenvalue weighted by Gasteiger charge is 2.23. The smallest absolute Gasteiger partial charge is 0.338 e. The van der Waals surface area contributed by atoms with E-state index in [0.717, 1.165) is 5.56 Å². The van der Waals surface area contributed by atoms with Crippen molar-refractivity contribution in [3.63, 3.8) is 0 Å². The van der Waals surface area contributed by atoms with E-state index in [1.807, 2.05) is 6.92 Å². The maximum atomic E-state index is 13.0. The van der Waals surface area contributed by atoms with Crippen LogP contribution >= 0.6 is 0 Å². The van der Waals surface area contributed by atoms with Gasteiger partial charge in [0.05, 0.1) is 23.1 Å². The number of methoxy groups -OCH3 is 1. The third kappa shape index (κ3) is 2.49. The number of esters is 1. The fourth-order valence-corrected chi connectivity index (χ4v) is 4.17. The molecule has 6 heteroatoms. The lowest BCUT2D eigenvalue weighted by Gasteiger charge is -2.08. The topological polar surface area (TPSA) is 65.4 Å². The van der Waals surface area contributed by atoms with Gasteiger partial charge in [0, 0.05) is 11.6 Å². The summed E-state index contributed by atoms with van der Waals surface area (Å²) >= 11 is 0. The summed E-state index contributed by atoms with van der Waals surface area (Å²) in [5.74, 6) is -0.491. The number of aryl methyl sites for hydroxylation is 2. The van der Waals surface area contributed by atoms with Crippen molar-refractivity contribution < 1.29 is 17.9 Å². The summed E-state index contributed by atoms with van der Waals surface area (Å²) in [5, 5.41) is 0.583. The number of nitrogens with zero attached hydrogens (tertiary/aromatic N) is 1. The Balaban J connectivity index is 2.28. The van der Waals surface area contributed by atoms with E-state index in [0.29, 0.717) is 22.0 Å². The highest BCUT2D eigenvalue weighted by Crippen LogP contribution is 2.28. The van der Waals surface area contributed by atoms with Gasteiger partial charge in [0.1, 0.15) is 0 Å². The predicted molar refractivity (Wildman–Crippen MR) is 91.8 cm³/mol. The van der Waals surface area contributed by atoms with Gasteiger partial charge >= 0.3 is 5.97 Å². The minimum absolute atomic E-state index is 0.202. The zero-order valence-corrected chi connectivity index (χ0v) is 14.4. The summed E-state index contributed by atoms with van der Waals surface area (Å²) in [6.07, 6.45) is 1.53. The molecule has 0 radical (unpaired) electrons. The largest absolute Gasteiger partial charge is 0.465 e. The zero-order valence-electron chi connectivity index (χ0n) is 13.6. The number of ether oxygens (including phenoxy) is 1. The van der Waals surface area contributed by atoms with E-state index in [4.69, 9.17) is 4.74 Å². The van der Waals surface area contributed by atoms with Crippen molar-refractivity contribution in [1.29, 1.82) is 0 Å². The van der Waals surface area contributed by atoms with Gasteiger partial charge in [-0.05, 0) is 43.7 Å². The Morgan fingerprint density at radius 3 is 2.33 bits per heavy atom. The average Bonchev–Trinajstić information content (AvgIpc) is 2.92. The van der Waals surface area contributed by atoms with Crippen LogP contribution in [-0.4, -0.2) is 25.5 Å². The molecule has 0 saturated carbocycles. The van der Waals surface area contributed by atoms with Gasteiger partial charge in [0.2, 0.25) is 0 Å². The Bertz CT molecular complexity index is 1030. The number of rotatable bonds is 3. The second-order valence-electron chi connectivity index (χ2n) is 5.62. The lowest BCUT2D eigenvalue weighted by Crippen LogP contribution is -2.12. The minimum atomic E-state index is -3.75. The number of carbonyl (C=O) groups is 1. The van der Waals surface area contributed by atoms with Crippen LogP contribution in [0.25, 0.3) is 10.9 Å². The number of hydrogen-bond donors (Lipinski definition) is 0. The van der Waals surface area contributed by atoms with Gasteiger partial charge in [-0.3, -0.25) is 0 Å². The van der Waals surface area contributed by atoms with E-state index in [2.05, 4.69) is 0 Å². The van der Waals surface area contributed by atoms with Crippen molar-refractivity contribution >= 4 is 26.9 Å². The van der Waals surface area contributed by atoms with Crippen LogP contribution in [0.1, 0.15) is 21.5 Å². The van der Waals surface area contributed by atoms with Gasteiger partial charge in [-0.2, -0.15) is 0 Å². The van der Waals surface area contributed by atoms with E-state index in [9.17, 15) is 13.2 Å². The van der Waals surface area contributed by atoms with E-state index in [1.165, 1.54) is 17.3 Å². The Hall–Kier alpha value is -2.60. The van der Waals surface area contributed by atoms with Crippen LogP contribution in [0.3, 0.4) is 0 Å². The Morgan fingerprint density at radius 2 is 1.71 bits per heavy atom. The number of aromatic nitrogens is 1. The monoisotopic (exact) mass is 343 g/mol. The van der Waals surface area contributed by atoms with Gasteiger partial charge < -0.3 is 4.74 Å². The van der Waals surface area contributed by atoms with Crippen LogP contribution in [0.5, 0.6) is 0 Å². The standard InChI is InChI=1S/C18H17NO4S/c1-12-7-9-14(10-8-12)24(21,22)19-11-13(2)17-15(18(20)23-3)5-4-6-16(17)19/h4-11H,1-3H3. The van der Waals surface area contributed by atoms with E-state index >= 15 is 0 Å². The van der Waals surface area contributed by atoms with Crippen molar-refractivity contribution in [2.24, 2.45) is 0 Å². The maximum Gasteiger partial charge on any atom is 0.338 e. The van der Waals surface area contributed by atoms with Crippen LogP contribution in [0, 0.1) is 13.8 Å². The lowest BCUT2D eigenvalue weighted by molar-refractivity contribution is 0.0603. The molecule has 0 N–H and O–H groups in total. The van der Waals surface area contributed by atoms with Crippen molar-refractivity contribution in [2.45, 2.75) is 18.7 Å². The van der Waals surface area contributed by atoms with Crippen LogP contribution in [-0.2, 0) is 14.8 Å². The minimum Gasteiger partial charge on any atom is -0.465 e. The van der Waals surface area contributed by atoms with Gasteiger partial charge in [0.25, 0.3) is 10.0 Å². The molecule has 0 amide bonds. The Morgan fingerprint density at radius 1 is 1.04 bits per heavy atom. The number of carbonyl (C=O) groups excluding carboxylic acids is 1. The summed E-state index contributed by atoms with van der Waals surface area (Å²) in [7, 11) is -2.44. The molecule has 0 fully saturated rings. The molecule has 0 aliphatic rings. The molecule has 3 aromatic rings. The molecule has 0 aliphatic carbocycles. The molecule has 124 valence electrons. The van der Waals surface area contributed by atoms with E-state index in [-0.39, 0.29) is 4.90 Å². The van der Waals surface area contributed by atoms with Gasteiger partial charge in [0.15, 0.2) is 0 Å². The van der Waals surface area contributed by atoms with Crippen LogP contribution in [0.2, 0.25) is 0 Å². The molecule has 5 nitrogen and oxygen atoms in total. The third-order valence-corrected chi connectivity index (χ3v) is 5.66. The SMILES string of the molecule is COC(=O)c1cccc2c1c(C)cn2S(=O)(=O)c1ccc(C)cc1. The van der Waals surface area contributed by atoms with Gasteiger partial charge in [-0.25, -0.2) is 17.2 Å². The van der Waals surface area contributed by atoms with Crippen molar-refractivity contribution in [1.82, 2.24) is 3.97 Å². The predicted octanol–water partition coefficient (Wildman–Crippen LogP) is 3.28. The molecule has 1 heterocycles. The van der Waals surface area contributed by atoms with Crippen molar-refractivity contribution in [3.05, 3.63) is 65.4 Å². The molecular formula is C18H17NO4S. The number of benzene rings is 2. The number of hydrogen-bond acceptors (Lipinski definition) is 4. The molecular weight excluding hydrogens is 326 g/mol. The first kappa shape index (κ1) is 16.3. The van der Waals surface area contributed by atoms with E-state index in [1.54, 1.807) is 49.4 Å². The maximum absolute atomic E-state index is 13.0. The Labute approximate surface area is 140 Å². The molecule has 3 rings (SSSR count). The Kier molecular flexibility index (Phi) is 3.93. The van der Waals surface area contributed by atoms with Crippen LogP contribution in [0.4, 0.5) is 0 Å². The normalized spacial score (nSPS) is 11.6. The number of fused-ring (bicyclic) bond motifs is 1. The molecule has 0 spiro atoms. The first-order chi connectivity index (χ1) is 11.4. The first-order valence-corrected chi connectivity index (χ1v) is 8.81. The van der Waals surface area contributed by atoms with Crippen LogP contribution in [0.15, 0.2) is 53.6 Å². The van der Waals surface area contributed by atoms with Crippen molar-refractivity contribution in [3.8, 4) is 0 Å². The summed E-state index contributed by atoms with van der Waals surface area (Å²) in [6, 6.07) is 11.6. The molecule has 2 aromatic carbocycles. The van der Waals surface area contributed by atoms with E-state index < -0.39 is 16.0 Å². The van der Waals surface area contributed by atoms with Gasteiger partial charge in [-0.1, -0.05) is 23.8 Å². The first-order valence-electron chi connectivity index (χ1n) is 7.37. The zero-order chi connectivity index (χ0) is 17.5. The fraction of sp³-hybridized carbons (Fsp3) is 0.167. The quantitative estimate of drug-likeness (QED) is 0.685. The van der Waals surface area contributed by atoms with Crippen molar-refractivity contribution in [2.75, 3.05) is 7.11 Å². The molecule has 0 saturated heterocycles. The highest BCUT2D eigenvalue weighted by atomic mass is 32.2. The molecule has 0 bridgehead atoms. The molecule has 0 unspecified atom stereocenters. The summed E-state index contributed by atoms with van der Waals surface area (Å²) in [4.78, 5) is 12.2. The molecule has 0 aliphatic heterocycles. The third-order valence-electron chi connectivity index (χ3n) is 3.97. The second-order valence-corrected chi connectivity index (χ2v) is 7.43.